The van der Waals surface area contributed by atoms with Gasteiger partial charge >= 0.3 is 0 Å². The number of fused-ring (bicyclic) bond motifs is 4. The van der Waals surface area contributed by atoms with E-state index in [2.05, 4.69) is 82.7 Å². The molecule has 0 saturated heterocycles. The second-order valence-electron chi connectivity index (χ2n) is 12.1. The van der Waals surface area contributed by atoms with Crippen LogP contribution in [0, 0.1) is 19.1 Å². The smallest absolute Gasteiger partial charge is 0.120 e. The number of benzene rings is 4. The van der Waals surface area contributed by atoms with Gasteiger partial charge in [0.25, 0.3) is 0 Å². The summed E-state index contributed by atoms with van der Waals surface area (Å²) >= 11 is 0. The number of rotatable bonds is 4. The molecule has 0 bridgehead atoms. The summed E-state index contributed by atoms with van der Waals surface area (Å²) in [7, 11) is -1.45. The molecule has 0 N–H and O–H groups in total. The monoisotopic (exact) mass is 793 g/mol. The maximum atomic E-state index is 6.51. The number of furan rings is 1. The van der Waals surface area contributed by atoms with E-state index >= 15 is 0 Å². The Hall–Kier alpha value is -4.68. The molecule has 0 aliphatic heterocycles. The van der Waals surface area contributed by atoms with Gasteiger partial charge in [-0.3, -0.25) is 9.97 Å². The van der Waals surface area contributed by atoms with Crippen LogP contribution in [0.5, 0.6) is 0 Å². The van der Waals surface area contributed by atoms with E-state index in [0.717, 1.165) is 67.0 Å². The summed E-state index contributed by atoms with van der Waals surface area (Å²) in [6.45, 7) is 9.06. The van der Waals surface area contributed by atoms with E-state index in [1.54, 1.807) is 6.20 Å². The van der Waals surface area contributed by atoms with Crippen molar-refractivity contribution in [2.24, 2.45) is 0 Å². The summed E-state index contributed by atoms with van der Waals surface area (Å²) in [5, 5.41) is 3.60. The Labute approximate surface area is 283 Å². The topological polar surface area (TPSA) is 56.7 Å². The molecule has 4 heterocycles. The predicted octanol–water partition coefficient (Wildman–Crippen LogP) is 9.19. The van der Waals surface area contributed by atoms with E-state index in [1.807, 2.05) is 85.9 Å². The van der Waals surface area contributed by atoms with Gasteiger partial charge in [0.1, 0.15) is 5.58 Å². The maximum absolute atomic E-state index is 6.51. The molecule has 0 saturated carbocycles. The van der Waals surface area contributed by atoms with Crippen molar-refractivity contribution < 1.29 is 24.5 Å². The van der Waals surface area contributed by atoms with Crippen molar-refractivity contribution in [2.45, 2.75) is 26.6 Å². The first-order valence-corrected chi connectivity index (χ1v) is 18.5. The van der Waals surface area contributed by atoms with Crippen molar-refractivity contribution in [1.82, 2.24) is 19.5 Å². The van der Waals surface area contributed by atoms with Crippen molar-refractivity contribution >= 4 is 46.2 Å². The van der Waals surface area contributed by atoms with Gasteiger partial charge in [0.2, 0.25) is 0 Å². The minimum Gasteiger partial charge on any atom is -0.501 e. The summed E-state index contributed by atoms with van der Waals surface area (Å²) < 4.78 is 8.65. The summed E-state index contributed by atoms with van der Waals surface area (Å²) in [5.41, 5.74) is 8.45. The molecule has 0 unspecified atom stereocenters. The zero-order chi connectivity index (χ0) is 31.0. The van der Waals surface area contributed by atoms with Crippen LogP contribution in [-0.4, -0.2) is 27.6 Å². The second-order valence-corrected chi connectivity index (χ2v) is 17.1. The number of para-hydroxylation sites is 1. The average molecular weight is 793 g/mol. The Morgan fingerprint density at radius 3 is 2.30 bits per heavy atom. The fraction of sp³-hybridized carbons (Fsp3) is 0.103. The van der Waals surface area contributed by atoms with Crippen LogP contribution in [0.2, 0.25) is 19.6 Å². The molecule has 0 fully saturated rings. The van der Waals surface area contributed by atoms with Crippen LogP contribution in [0.15, 0.2) is 126 Å². The Kier molecular flexibility index (Phi) is 8.83. The molecule has 7 heteroatoms. The fourth-order valence-electron chi connectivity index (χ4n) is 5.53. The summed E-state index contributed by atoms with van der Waals surface area (Å²) in [4.78, 5) is 13.8. The van der Waals surface area contributed by atoms with Crippen LogP contribution < -0.4 is 5.19 Å². The molecule has 8 rings (SSSR count). The van der Waals surface area contributed by atoms with E-state index < -0.39 is 8.07 Å². The van der Waals surface area contributed by atoms with Gasteiger partial charge in [-0.15, -0.1) is 54.1 Å². The zero-order valence-electron chi connectivity index (χ0n) is 26.1. The van der Waals surface area contributed by atoms with Gasteiger partial charge in [0.05, 0.1) is 36.7 Å². The normalized spacial score (nSPS) is 11.3. The molecule has 0 atom stereocenters. The van der Waals surface area contributed by atoms with Gasteiger partial charge in [-0.2, -0.15) is 0 Å². The number of aryl methyl sites for hydroxylation is 1. The number of pyridine rings is 2. The predicted molar refractivity (Wildman–Crippen MR) is 187 cm³/mol. The molecule has 0 amide bonds. The summed E-state index contributed by atoms with van der Waals surface area (Å²) in [5.74, 6) is 0.804. The third-order valence-corrected chi connectivity index (χ3v) is 9.91. The number of hydrogen-bond donors (Lipinski definition) is 0. The molecule has 1 radical (unpaired) electrons. The molecule has 8 aromatic rings. The molecule has 46 heavy (non-hydrogen) atoms. The van der Waals surface area contributed by atoms with Crippen LogP contribution in [0.25, 0.3) is 61.3 Å². The Morgan fingerprint density at radius 1 is 0.761 bits per heavy atom. The van der Waals surface area contributed by atoms with Gasteiger partial charge in [0, 0.05) is 43.1 Å². The minimum absolute atomic E-state index is 0. The van der Waals surface area contributed by atoms with Crippen molar-refractivity contribution in [1.29, 1.82) is 0 Å². The van der Waals surface area contributed by atoms with Crippen molar-refractivity contribution in [2.75, 3.05) is 0 Å². The number of nitrogens with zero attached hydrogens (tertiary/aromatic N) is 4. The minimum atomic E-state index is -1.45. The van der Waals surface area contributed by atoms with Crippen LogP contribution in [0.1, 0.15) is 5.69 Å². The molecule has 4 aromatic carbocycles. The maximum Gasteiger partial charge on any atom is 0.120 e. The van der Waals surface area contributed by atoms with Crippen molar-refractivity contribution in [3.63, 3.8) is 0 Å². The molecule has 229 valence electrons. The van der Waals surface area contributed by atoms with Crippen LogP contribution in [-0.2, 0) is 20.1 Å². The largest absolute Gasteiger partial charge is 0.501 e. The first-order valence-electron chi connectivity index (χ1n) is 15.0. The Balaban J connectivity index is 0.000000241. The van der Waals surface area contributed by atoms with Gasteiger partial charge < -0.3 is 14.0 Å². The van der Waals surface area contributed by atoms with Crippen molar-refractivity contribution in [3.05, 3.63) is 139 Å². The SMILES string of the molecule is Cc1cc2nc(-c3[c-]ccc4c3oc3cc([Si](C)(C)C)ccc34)n(-c3ccccc3)c2cn1.[Ir].[c-]1ccccc1-c1ccccn1. The van der Waals surface area contributed by atoms with Crippen LogP contribution >= 0.6 is 0 Å². The molecular weight excluding hydrogens is 761 g/mol. The first kappa shape index (κ1) is 31.3. The summed E-state index contributed by atoms with van der Waals surface area (Å²) in [6, 6.07) is 43.3. The van der Waals surface area contributed by atoms with E-state index in [0.29, 0.717) is 0 Å². The molecule has 0 aliphatic rings. The molecule has 4 aromatic heterocycles. The zero-order valence-corrected chi connectivity index (χ0v) is 29.5. The fourth-order valence-corrected chi connectivity index (χ4v) is 6.68. The van der Waals surface area contributed by atoms with Crippen LogP contribution in [0.3, 0.4) is 0 Å². The molecule has 0 spiro atoms. The summed E-state index contributed by atoms with van der Waals surface area (Å²) in [6.07, 6.45) is 3.68. The molecular formula is C39H32IrN4OSi-2. The van der Waals surface area contributed by atoms with E-state index in [1.165, 1.54) is 5.19 Å². The Morgan fingerprint density at radius 2 is 1.57 bits per heavy atom. The molecule has 5 nitrogen and oxygen atoms in total. The van der Waals surface area contributed by atoms with E-state index in [4.69, 9.17) is 9.40 Å². The third-order valence-electron chi connectivity index (χ3n) is 7.86. The third kappa shape index (κ3) is 6.09. The van der Waals surface area contributed by atoms with E-state index in [-0.39, 0.29) is 20.1 Å². The van der Waals surface area contributed by atoms with Gasteiger partial charge in [-0.1, -0.05) is 78.2 Å². The number of aromatic nitrogens is 4. The standard InChI is InChI=1S/C28H24N3OSi.C11H8N.Ir/c1-18-15-24-25(17-29-18)31(19-9-6-5-7-10-19)28(30-24)23-12-8-11-22-21-14-13-20(33(2,3)4)16-26(21)32-27(22)23;1-2-6-10(7-3-1)11-8-4-5-9-12-11;/h5-11,13-17H,1-4H3;1-6,8-9H;/q2*-1;. The number of imidazole rings is 1. The van der Waals surface area contributed by atoms with Gasteiger partial charge in [-0.05, 0) is 42.9 Å². The van der Waals surface area contributed by atoms with Crippen LogP contribution in [0.4, 0.5) is 0 Å². The van der Waals surface area contributed by atoms with Gasteiger partial charge in [0.15, 0.2) is 0 Å². The average Bonchev–Trinajstić information content (AvgIpc) is 3.64. The van der Waals surface area contributed by atoms with Crippen molar-refractivity contribution in [3.8, 4) is 28.3 Å². The molecule has 0 aliphatic carbocycles. The van der Waals surface area contributed by atoms with Gasteiger partial charge in [-0.25, -0.2) is 0 Å². The first-order chi connectivity index (χ1) is 21.9. The second kappa shape index (κ2) is 13.0. The number of hydrogen-bond acceptors (Lipinski definition) is 4. The Bertz CT molecular complexity index is 2220. The quantitative estimate of drug-likeness (QED) is 0.132. The van der Waals surface area contributed by atoms with E-state index in [9.17, 15) is 0 Å².